The van der Waals surface area contributed by atoms with Crippen molar-refractivity contribution in [1.82, 2.24) is 14.5 Å². The van der Waals surface area contributed by atoms with E-state index in [9.17, 15) is 12.8 Å². The molecule has 4 rings (SSSR count). The standard InChI is InChI=1S/C19H17FN4O2S2/c1-2-23-17-9-8-14(20)12-16(17)22-18(23)13-24(19-21-10-11-27-19)28(25,26)15-6-4-3-5-7-15/h3-12H,2,13H2,1H3. The number of thiazole rings is 1. The molecule has 0 unspecified atom stereocenters. The zero-order valence-corrected chi connectivity index (χ0v) is 16.6. The van der Waals surface area contributed by atoms with E-state index in [2.05, 4.69) is 9.97 Å². The van der Waals surface area contributed by atoms with E-state index in [0.29, 0.717) is 23.0 Å². The molecule has 0 amide bonds. The number of sulfonamides is 1. The average Bonchev–Trinajstić information content (AvgIpc) is 3.33. The first kappa shape index (κ1) is 18.6. The van der Waals surface area contributed by atoms with E-state index in [1.54, 1.807) is 48.0 Å². The van der Waals surface area contributed by atoms with Gasteiger partial charge in [-0.3, -0.25) is 0 Å². The first-order chi connectivity index (χ1) is 13.5. The topological polar surface area (TPSA) is 68.1 Å². The van der Waals surface area contributed by atoms with Gasteiger partial charge in [-0.15, -0.1) is 11.3 Å². The van der Waals surface area contributed by atoms with Gasteiger partial charge in [-0.05, 0) is 31.2 Å². The summed E-state index contributed by atoms with van der Waals surface area (Å²) in [7, 11) is -3.84. The number of anilines is 1. The van der Waals surface area contributed by atoms with Crippen molar-refractivity contribution in [3.63, 3.8) is 0 Å². The van der Waals surface area contributed by atoms with Crippen molar-refractivity contribution < 1.29 is 12.8 Å². The minimum atomic E-state index is -3.84. The zero-order chi connectivity index (χ0) is 19.7. The summed E-state index contributed by atoms with van der Waals surface area (Å²) in [6, 6.07) is 12.6. The van der Waals surface area contributed by atoms with Crippen molar-refractivity contribution in [2.45, 2.75) is 24.9 Å². The summed E-state index contributed by atoms with van der Waals surface area (Å²) in [6.07, 6.45) is 1.56. The first-order valence-electron chi connectivity index (χ1n) is 8.62. The molecule has 0 radical (unpaired) electrons. The van der Waals surface area contributed by atoms with Gasteiger partial charge in [-0.2, -0.15) is 0 Å². The number of fused-ring (bicyclic) bond motifs is 1. The molecule has 6 nitrogen and oxygen atoms in total. The van der Waals surface area contributed by atoms with Crippen LogP contribution in [0.1, 0.15) is 12.7 Å². The molecule has 2 aromatic carbocycles. The van der Waals surface area contributed by atoms with Gasteiger partial charge in [0, 0.05) is 24.2 Å². The number of hydrogen-bond donors (Lipinski definition) is 0. The van der Waals surface area contributed by atoms with Gasteiger partial charge in [-0.1, -0.05) is 18.2 Å². The molecule has 0 saturated carbocycles. The molecule has 0 aliphatic carbocycles. The van der Waals surface area contributed by atoms with Gasteiger partial charge in [0.2, 0.25) is 0 Å². The molecular formula is C19H17FN4O2S2. The molecule has 2 heterocycles. The number of rotatable bonds is 6. The van der Waals surface area contributed by atoms with Crippen molar-refractivity contribution in [3.8, 4) is 0 Å². The molecule has 0 saturated heterocycles. The zero-order valence-electron chi connectivity index (χ0n) is 15.0. The van der Waals surface area contributed by atoms with Gasteiger partial charge in [-0.25, -0.2) is 27.1 Å². The van der Waals surface area contributed by atoms with Crippen LogP contribution in [0.4, 0.5) is 9.52 Å². The SMILES string of the molecule is CCn1c(CN(c2nccs2)S(=O)(=O)c2ccccc2)nc2cc(F)ccc21. The van der Waals surface area contributed by atoms with Gasteiger partial charge in [0.1, 0.15) is 11.6 Å². The average molecular weight is 417 g/mol. The molecule has 144 valence electrons. The molecule has 0 atom stereocenters. The third kappa shape index (κ3) is 3.27. The third-order valence-corrected chi connectivity index (χ3v) is 7.01. The van der Waals surface area contributed by atoms with Gasteiger partial charge >= 0.3 is 0 Å². The van der Waals surface area contributed by atoms with Crippen LogP contribution in [0.15, 0.2) is 65.0 Å². The molecule has 0 aliphatic heterocycles. The lowest BCUT2D eigenvalue weighted by molar-refractivity contribution is 0.587. The van der Waals surface area contributed by atoms with E-state index in [4.69, 9.17) is 0 Å². The van der Waals surface area contributed by atoms with E-state index in [1.807, 2.05) is 11.5 Å². The maximum Gasteiger partial charge on any atom is 0.266 e. The lowest BCUT2D eigenvalue weighted by Gasteiger charge is -2.21. The maximum atomic E-state index is 13.6. The van der Waals surface area contributed by atoms with Crippen molar-refractivity contribution in [3.05, 3.63) is 71.7 Å². The fourth-order valence-electron chi connectivity index (χ4n) is 3.07. The van der Waals surface area contributed by atoms with Crippen LogP contribution in [0.2, 0.25) is 0 Å². The predicted octanol–water partition coefficient (Wildman–Crippen LogP) is 4.05. The highest BCUT2D eigenvalue weighted by atomic mass is 32.2. The number of aromatic nitrogens is 3. The highest BCUT2D eigenvalue weighted by molar-refractivity contribution is 7.93. The molecule has 0 spiro atoms. The lowest BCUT2D eigenvalue weighted by atomic mass is 10.3. The van der Waals surface area contributed by atoms with Crippen molar-refractivity contribution in [2.24, 2.45) is 0 Å². The van der Waals surface area contributed by atoms with Crippen LogP contribution in [-0.4, -0.2) is 23.0 Å². The fourth-order valence-corrected chi connectivity index (χ4v) is 5.33. The Kier molecular flexibility index (Phi) is 4.86. The molecule has 0 N–H and O–H groups in total. The molecule has 28 heavy (non-hydrogen) atoms. The van der Waals surface area contributed by atoms with E-state index in [1.165, 1.54) is 27.8 Å². The fraction of sp³-hybridized carbons (Fsp3) is 0.158. The van der Waals surface area contributed by atoms with Crippen LogP contribution in [0, 0.1) is 5.82 Å². The summed E-state index contributed by atoms with van der Waals surface area (Å²) >= 11 is 1.23. The monoisotopic (exact) mass is 416 g/mol. The van der Waals surface area contributed by atoms with E-state index in [-0.39, 0.29) is 17.3 Å². The number of imidazole rings is 1. The van der Waals surface area contributed by atoms with E-state index >= 15 is 0 Å². The van der Waals surface area contributed by atoms with Crippen LogP contribution >= 0.6 is 11.3 Å². The number of aryl methyl sites for hydroxylation is 1. The Morgan fingerprint density at radius 2 is 1.96 bits per heavy atom. The van der Waals surface area contributed by atoms with Crippen LogP contribution in [0.3, 0.4) is 0 Å². The Bertz CT molecular complexity index is 1210. The lowest BCUT2D eigenvalue weighted by Crippen LogP contribution is -2.31. The summed E-state index contributed by atoms with van der Waals surface area (Å²) < 4.78 is 43.3. The van der Waals surface area contributed by atoms with Crippen molar-refractivity contribution in [1.29, 1.82) is 0 Å². The molecule has 0 fully saturated rings. The van der Waals surface area contributed by atoms with Crippen LogP contribution in [0.5, 0.6) is 0 Å². The summed E-state index contributed by atoms with van der Waals surface area (Å²) in [5, 5.41) is 2.07. The van der Waals surface area contributed by atoms with E-state index in [0.717, 1.165) is 5.52 Å². The second-order valence-corrected chi connectivity index (χ2v) is 8.78. The molecular weight excluding hydrogens is 399 g/mol. The van der Waals surface area contributed by atoms with Gasteiger partial charge in [0.25, 0.3) is 10.0 Å². The quantitative estimate of drug-likeness (QED) is 0.476. The Morgan fingerprint density at radius 1 is 1.18 bits per heavy atom. The maximum absolute atomic E-state index is 13.6. The predicted molar refractivity (Wildman–Crippen MR) is 107 cm³/mol. The van der Waals surface area contributed by atoms with Crippen molar-refractivity contribution >= 4 is 37.5 Å². The first-order valence-corrected chi connectivity index (χ1v) is 10.9. The summed E-state index contributed by atoms with van der Waals surface area (Å²) in [5.41, 5.74) is 1.25. The number of benzene rings is 2. The molecule has 9 heteroatoms. The Hall–Kier alpha value is -2.78. The number of nitrogens with zero attached hydrogens (tertiary/aromatic N) is 4. The number of hydrogen-bond acceptors (Lipinski definition) is 5. The molecule has 0 aliphatic rings. The number of halogens is 1. The van der Waals surface area contributed by atoms with Crippen LogP contribution in [-0.2, 0) is 23.1 Å². The van der Waals surface area contributed by atoms with Gasteiger partial charge in [0.15, 0.2) is 5.13 Å². The van der Waals surface area contributed by atoms with E-state index < -0.39 is 10.0 Å². The third-order valence-electron chi connectivity index (χ3n) is 4.35. The second kappa shape index (κ2) is 7.33. The largest absolute Gasteiger partial charge is 0.327 e. The van der Waals surface area contributed by atoms with Crippen molar-refractivity contribution in [2.75, 3.05) is 4.31 Å². The Balaban J connectivity index is 1.83. The highest BCUT2D eigenvalue weighted by Gasteiger charge is 2.28. The van der Waals surface area contributed by atoms with Gasteiger partial charge < -0.3 is 4.57 Å². The van der Waals surface area contributed by atoms with Crippen LogP contribution < -0.4 is 4.31 Å². The summed E-state index contributed by atoms with van der Waals surface area (Å²) in [5.74, 6) is 0.145. The van der Waals surface area contributed by atoms with Gasteiger partial charge in [0.05, 0.1) is 22.5 Å². The van der Waals surface area contributed by atoms with Crippen LogP contribution in [0.25, 0.3) is 11.0 Å². The highest BCUT2D eigenvalue weighted by Crippen LogP contribution is 2.28. The normalized spacial score (nSPS) is 11.8. The molecule has 4 aromatic rings. The summed E-state index contributed by atoms with van der Waals surface area (Å²) in [4.78, 5) is 8.87. The molecule has 2 aromatic heterocycles. The summed E-state index contributed by atoms with van der Waals surface area (Å²) in [6.45, 7) is 2.51. The second-order valence-electron chi connectivity index (χ2n) is 6.04. The smallest absolute Gasteiger partial charge is 0.266 e. The Morgan fingerprint density at radius 3 is 2.64 bits per heavy atom. The Labute approximate surface area is 166 Å². The molecule has 0 bridgehead atoms. The minimum Gasteiger partial charge on any atom is -0.327 e. The minimum absolute atomic E-state index is 0.00508.